The van der Waals surface area contributed by atoms with Crippen LogP contribution < -0.4 is 19.9 Å². The number of nitrogens with zero attached hydrogens (tertiary/aromatic N) is 4. The van der Waals surface area contributed by atoms with Crippen LogP contribution in [0.1, 0.15) is 12.5 Å². The van der Waals surface area contributed by atoms with Gasteiger partial charge in [0.05, 0.1) is 25.4 Å². The van der Waals surface area contributed by atoms with Gasteiger partial charge in [-0.2, -0.15) is 0 Å². The highest BCUT2D eigenvalue weighted by Gasteiger charge is 2.64. The molecule has 2 aromatic rings. The molecule has 3 aliphatic heterocycles. The van der Waals surface area contributed by atoms with Crippen LogP contribution in [-0.2, 0) is 20.7 Å². The average Bonchev–Trinajstić information content (AvgIpc) is 2.93. The Hall–Kier alpha value is -4.28. The fourth-order valence-corrected chi connectivity index (χ4v) is 5.92. The van der Waals surface area contributed by atoms with Crippen molar-refractivity contribution in [2.24, 2.45) is 5.41 Å². The third-order valence-corrected chi connectivity index (χ3v) is 7.70. The highest BCUT2D eigenvalue weighted by atomic mass is 16.5. The molecule has 0 aromatic heterocycles. The van der Waals surface area contributed by atoms with Gasteiger partial charge in [-0.25, -0.2) is 9.59 Å². The first-order chi connectivity index (χ1) is 18.2. The number of hydrogen-bond acceptors (Lipinski definition) is 8. The normalized spacial score (nSPS) is 20.3. The minimum atomic E-state index is -1.53. The van der Waals surface area contributed by atoms with Crippen molar-refractivity contribution in [1.29, 1.82) is 0 Å². The van der Waals surface area contributed by atoms with Crippen LogP contribution in [-0.4, -0.2) is 87.2 Å². The number of anilines is 3. The summed E-state index contributed by atoms with van der Waals surface area (Å²) < 4.78 is 10.6. The van der Waals surface area contributed by atoms with Crippen LogP contribution >= 0.6 is 0 Å². The molecule has 2 aromatic carbocycles. The molecule has 11 nitrogen and oxygen atoms in total. The number of fused-ring (bicyclic) bond motifs is 4. The number of amides is 5. The van der Waals surface area contributed by atoms with Gasteiger partial charge in [-0.05, 0) is 49.2 Å². The molecule has 0 radical (unpaired) electrons. The largest absolute Gasteiger partial charge is 0.495 e. The Morgan fingerprint density at radius 3 is 2.42 bits per heavy atom. The van der Waals surface area contributed by atoms with Gasteiger partial charge >= 0.3 is 12.1 Å². The molecule has 2 fully saturated rings. The Labute approximate surface area is 220 Å². The SMILES string of the molecule is CCOC(=O)Nc1ccc2c(c1)CC1(C(=O)N(C)C(=O)N(C)C1=O)[C@@H]1CN(c3ccccc3OC)CCN21. The Morgan fingerprint density at radius 2 is 1.74 bits per heavy atom. The van der Waals surface area contributed by atoms with E-state index in [1.807, 2.05) is 30.3 Å². The van der Waals surface area contributed by atoms with Gasteiger partial charge in [0.1, 0.15) is 5.75 Å². The van der Waals surface area contributed by atoms with Crippen molar-refractivity contribution in [3.63, 3.8) is 0 Å². The van der Waals surface area contributed by atoms with Crippen LogP contribution in [0.25, 0.3) is 0 Å². The number of urea groups is 1. The molecule has 0 unspecified atom stereocenters. The van der Waals surface area contributed by atoms with E-state index in [4.69, 9.17) is 9.47 Å². The fourth-order valence-electron chi connectivity index (χ4n) is 5.92. The number of barbiturate groups is 1. The number of carbonyl (C=O) groups is 4. The second-order valence-corrected chi connectivity index (χ2v) is 9.68. The van der Waals surface area contributed by atoms with Crippen molar-refractivity contribution in [2.45, 2.75) is 19.4 Å². The van der Waals surface area contributed by atoms with Crippen LogP contribution in [0.4, 0.5) is 26.7 Å². The van der Waals surface area contributed by atoms with Crippen molar-refractivity contribution in [1.82, 2.24) is 9.80 Å². The van der Waals surface area contributed by atoms with Crippen LogP contribution in [0.2, 0.25) is 0 Å². The molecule has 200 valence electrons. The van der Waals surface area contributed by atoms with Crippen LogP contribution in [0, 0.1) is 5.41 Å². The zero-order chi connectivity index (χ0) is 27.2. The van der Waals surface area contributed by atoms with Gasteiger partial charge < -0.3 is 19.3 Å². The van der Waals surface area contributed by atoms with E-state index in [0.29, 0.717) is 31.1 Å². The molecule has 38 heavy (non-hydrogen) atoms. The smallest absolute Gasteiger partial charge is 0.411 e. The third-order valence-electron chi connectivity index (χ3n) is 7.70. The van der Waals surface area contributed by atoms with E-state index < -0.39 is 35.4 Å². The van der Waals surface area contributed by atoms with Crippen LogP contribution in [0.3, 0.4) is 0 Å². The number of benzene rings is 2. The first-order valence-electron chi connectivity index (χ1n) is 12.5. The summed E-state index contributed by atoms with van der Waals surface area (Å²) in [6.07, 6.45) is -0.502. The minimum Gasteiger partial charge on any atom is -0.495 e. The second kappa shape index (κ2) is 9.55. The monoisotopic (exact) mass is 521 g/mol. The quantitative estimate of drug-likeness (QED) is 0.611. The Balaban J connectivity index is 1.61. The number of piperazine rings is 1. The maximum atomic E-state index is 13.9. The van der Waals surface area contributed by atoms with Gasteiger partial charge in [0.2, 0.25) is 11.8 Å². The Bertz CT molecular complexity index is 1290. The van der Waals surface area contributed by atoms with Crippen molar-refractivity contribution in [3.8, 4) is 5.75 Å². The number of carbonyl (C=O) groups excluding carboxylic acids is 4. The average molecular weight is 522 g/mol. The van der Waals surface area contributed by atoms with Crippen molar-refractivity contribution < 1.29 is 28.7 Å². The molecule has 1 N–H and O–H groups in total. The molecule has 3 heterocycles. The number of methoxy groups -OCH3 is 1. The molecule has 5 amide bonds. The van der Waals surface area contributed by atoms with E-state index in [1.54, 1.807) is 26.2 Å². The molecular formula is C27H31N5O6. The molecule has 0 saturated carbocycles. The minimum absolute atomic E-state index is 0.0846. The lowest BCUT2D eigenvalue weighted by Crippen LogP contribution is -2.74. The van der Waals surface area contributed by atoms with E-state index in [0.717, 1.165) is 26.7 Å². The van der Waals surface area contributed by atoms with Gasteiger partial charge in [-0.15, -0.1) is 0 Å². The molecule has 0 aliphatic carbocycles. The summed E-state index contributed by atoms with van der Waals surface area (Å²) in [4.78, 5) is 58.9. The molecule has 3 aliphatic rings. The molecule has 2 saturated heterocycles. The van der Waals surface area contributed by atoms with Crippen molar-refractivity contribution >= 4 is 41.0 Å². The lowest BCUT2D eigenvalue weighted by atomic mass is 9.67. The highest BCUT2D eigenvalue weighted by molar-refractivity contribution is 6.20. The molecule has 11 heteroatoms. The number of ether oxygens (including phenoxy) is 2. The highest BCUT2D eigenvalue weighted by Crippen LogP contribution is 2.48. The van der Waals surface area contributed by atoms with E-state index >= 15 is 0 Å². The summed E-state index contributed by atoms with van der Waals surface area (Å²) in [5, 5.41) is 2.70. The van der Waals surface area contributed by atoms with Gasteiger partial charge in [0.25, 0.3) is 0 Å². The first-order valence-corrected chi connectivity index (χ1v) is 12.5. The van der Waals surface area contributed by atoms with Gasteiger partial charge in [-0.1, -0.05) is 12.1 Å². The zero-order valence-corrected chi connectivity index (χ0v) is 21.9. The maximum Gasteiger partial charge on any atom is 0.411 e. The number of imide groups is 2. The van der Waals surface area contributed by atoms with E-state index in [-0.39, 0.29) is 13.0 Å². The standard InChI is InChI=1S/C27H31N5O6/c1-5-38-25(35)28-18-10-11-19-17(14-18)15-27(23(33)29(2)26(36)30(3)24(27)34)22-16-31(12-13-32(19)22)20-8-6-7-9-21(20)37-4/h6-11,14,22H,5,12-13,15-16H2,1-4H3,(H,28,35)/t22-/m0/s1. The zero-order valence-electron chi connectivity index (χ0n) is 21.9. The van der Waals surface area contributed by atoms with Gasteiger partial charge in [-0.3, -0.25) is 24.7 Å². The summed E-state index contributed by atoms with van der Waals surface area (Å²) >= 11 is 0. The summed E-state index contributed by atoms with van der Waals surface area (Å²) in [6.45, 7) is 3.48. The van der Waals surface area contributed by atoms with Crippen LogP contribution in [0.5, 0.6) is 5.75 Å². The van der Waals surface area contributed by atoms with Crippen molar-refractivity contribution in [2.75, 3.05) is 62.6 Å². The van der Waals surface area contributed by atoms with E-state index in [9.17, 15) is 19.2 Å². The number of nitrogens with one attached hydrogen (secondary N) is 1. The number of hydrogen-bond donors (Lipinski definition) is 1. The summed E-state index contributed by atoms with van der Waals surface area (Å²) in [7, 11) is 4.43. The predicted molar refractivity (Wildman–Crippen MR) is 141 cm³/mol. The molecule has 5 rings (SSSR count). The van der Waals surface area contributed by atoms with E-state index in [1.165, 1.54) is 14.1 Å². The lowest BCUT2D eigenvalue weighted by Gasteiger charge is -2.56. The fraction of sp³-hybridized carbons (Fsp3) is 0.407. The van der Waals surface area contributed by atoms with Gasteiger partial charge in [0.15, 0.2) is 5.41 Å². The molecular weight excluding hydrogens is 490 g/mol. The summed E-state index contributed by atoms with van der Waals surface area (Å²) in [5.74, 6) is -0.361. The molecule has 0 bridgehead atoms. The summed E-state index contributed by atoms with van der Waals surface area (Å²) in [5.41, 5.74) is 1.46. The van der Waals surface area contributed by atoms with E-state index in [2.05, 4.69) is 15.1 Å². The Kier molecular flexibility index (Phi) is 6.38. The van der Waals surface area contributed by atoms with Gasteiger partial charge in [0, 0.05) is 45.1 Å². The van der Waals surface area contributed by atoms with Crippen molar-refractivity contribution in [3.05, 3.63) is 48.0 Å². The maximum absolute atomic E-state index is 13.9. The summed E-state index contributed by atoms with van der Waals surface area (Å²) in [6, 6.07) is 11.9. The second-order valence-electron chi connectivity index (χ2n) is 9.68. The Morgan fingerprint density at radius 1 is 1.03 bits per heavy atom. The van der Waals surface area contributed by atoms with Crippen LogP contribution in [0.15, 0.2) is 42.5 Å². The number of rotatable bonds is 4. The number of para-hydroxylation sites is 2. The first kappa shape index (κ1) is 25.4. The molecule has 1 atom stereocenters. The lowest BCUT2D eigenvalue weighted by molar-refractivity contribution is -0.159. The molecule has 1 spiro atoms. The predicted octanol–water partition coefficient (Wildman–Crippen LogP) is 2.55. The topological polar surface area (TPSA) is 112 Å². The third kappa shape index (κ3) is 3.80.